The topological polar surface area (TPSA) is 67.4 Å². The lowest BCUT2D eigenvalue weighted by Gasteiger charge is -2.22. The number of rotatable bonds is 7. The van der Waals surface area contributed by atoms with Crippen molar-refractivity contribution in [2.75, 3.05) is 18.6 Å². The zero-order valence-corrected chi connectivity index (χ0v) is 13.7. The van der Waals surface area contributed by atoms with Gasteiger partial charge < -0.3 is 15.4 Å². The molecule has 1 amide bonds. The third-order valence-corrected chi connectivity index (χ3v) is 3.17. The Hall–Kier alpha value is -0.620. The number of ether oxygens (including phenoxy) is 1. The van der Waals surface area contributed by atoms with E-state index in [-0.39, 0.29) is 12.1 Å². The van der Waals surface area contributed by atoms with Gasteiger partial charge in [-0.3, -0.25) is 4.21 Å². The molecule has 0 heterocycles. The SMILES string of the molecule is CC(CCS(C)=O)NC(C)CNC(=O)OC(C)(C)C. The Kier molecular flexibility index (Phi) is 8.25. The second kappa shape index (κ2) is 8.53. The fraction of sp³-hybridized carbons (Fsp3) is 0.923. The van der Waals surface area contributed by atoms with E-state index in [9.17, 15) is 9.00 Å². The minimum atomic E-state index is -0.753. The fourth-order valence-electron chi connectivity index (χ4n) is 1.52. The zero-order valence-electron chi connectivity index (χ0n) is 12.9. The van der Waals surface area contributed by atoms with E-state index < -0.39 is 22.5 Å². The quantitative estimate of drug-likeness (QED) is 0.748. The first-order chi connectivity index (χ1) is 8.60. The van der Waals surface area contributed by atoms with Gasteiger partial charge >= 0.3 is 6.09 Å². The lowest BCUT2D eigenvalue weighted by Crippen LogP contribution is -2.44. The van der Waals surface area contributed by atoms with E-state index in [1.54, 1.807) is 6.26 Å². The third-order valence-electron chi connectivity index (χ3n) is 2.36. The predicted molar refractivity (Wildman–Crippen MR) is 79.8 cm³/mol. The molecular formula is C13H28N2O3S. The average molecular weight is 292 g/mol. The number of hydrogen-bond donors (Lipinski definition) is 2. The predicted octanol–water partition coefficient (Wildman–Crippen LogP) is 1.65. The fourth-order valence-corrected chi connectivity index (χ4v) is 2.21. The van der Waals surface area contributed by atoms with Crippen LogP contribution in [0.5, 0.6) is 0 Å². The smallest absolute Gasteiger partial charge is 0.407 e. The summed E-state index contributed by atoms with van der Waals surface area (Å²) in [5, 5.41) is 6.07. The number of alkyl carbamates (subject to hydrolysis) is 1. The van der Waals surface area contributed by atoms with Gasteiger partial charge in [0.05, 0.1) is 0 Å². The second-order valence-electron chi connectivity index (χ2n) is 5.92. The maximum atomic E-state index is 11.5. The molecule has 0 aliphatic rings. The van der Waals surface area contributed by atoms with Gasteiger partial charge in [0.1, 0.15) is 5.60 Å². The molecule has 0 bridgehead atoms. The number of hydrogen-bond acceptors (Lipinski definition) is 4. The van der Waals surface area contributed by atoms with E-state index in [0.29, 0.717) is 12.3 Å². The summed E-state index contributed by atoms with van der Waals surface area (Å²) in [5.41, 5.74) is -0.473. The van der Waals surface area contributed by atoms with Crippen LogP contribution in [-0.4, -0.2) is 46.5 Å². The monoisotopic (exact) mass is 292 g/mol. The summed E-state index contributed by atoms with van der Waals surface area (Å²) in [4.78, 5) is 11.5. The van der Waals surface area contributed by atoms with Crippen molar-refractivity contribution in [3.8, 4) is 0 Å². The molecular weight excluding hydrogens is 264 g/mol. The molecule has 114 valence electrons. The highest BCUT2D eigenvalue weighted by Gasteiger charge is 2.16. The molecule has 0 aromatic rings. The molecule has 19 heavy (non-hydrogen) atoms. The molecule has 0 saturated carbocycles. The van der Waals surface area contributed by atoms with Gasteiger partial charge in [-0.25, -0.2) is 4.79 Å². The minimum Gasteiger partial charge on any atom is -0.444 e. The molecule has 0 aromatic carbocycles. The first-order valence-corrected chi connectivity index (χ1v) is 8.36. The minimum absolute atomic E-state index is 0.146. The van der Waals surface area contributed by atoms with Gasteiger partial charge in [0.25, 0.3) is 0 Å². The van der Waals surface area contributed by atoms with Crippen LogP contribution in [0.2, 0.25) is 0 Å². The highest BCUT2D eigenvalue weighted by molar-refractivity contribution is 7.84. The molecule has 0 rings (SSSR count). The molecule has 5 nitrogen and oxygen atoms in total. The van der Waals surface area contributed by atoms with Gasteiger partial charge in [0, 0.05) is 41.4 Å². The van der Waals surface area contributed by atoms with Gasteiger partial charge in [-0.2, -0.15) is 0 Å². The molecule has 3 unspecified atom stereocenters. The summed E-state index contributed by atoms with van der Waals surface area (Å²) in [6.07, 6.45) is 2.17. The molecule has 0 aliphatic heterocycles. The Morgan fingerprint density at radius 3 is 2.32 bits per heavy atom. The van der Waals surface area contributed by atoms with Crippen molar-refractivity contribution < 1.29 is 13.7 Å². The largest absolute Gasteiger partial charge is 0.444 e. The first kappa shape index (κ1) is 18.4. The van der Waals surface area contributed by atoms with E-state index in [0.717, 1.165) is 6.42 Å². The molecule has 6 heteroatoms. The summed E-state index contributed by atoms with van der Waals surface area (Å²) in [6, 6.07) is 0.423. The van der Waals surface area contributed by atoms with E-state index in [1.165, 1.54) is 0 Å². The summed E-state index contributed by atoms with van der Waals surface area (Å²) >= 11 is 0. The summed E-state index contributed by atoms with van der Waals surface area (Å²) in [7, 11) is -0.753. The van der Waals surface area contributed by atoms with Gasteiger partial charge in [-0.05, 0) is 41.0 Å². The maximum Gasteiger partial charge on any atom is 0.407 e. The van der Waals surface area contributed by atoms with Gasteiger partial charge in [-0.15, -0.1) is 0 Å². The van der Waals surface area contributed by atoms with Crippen LogP contribution < -0.4 is 10.6 Å². The maximum absolute atomic E-state index is 11.5. The van der Waals surface area contributed by atoms with Crippen LogP contribution in [0.15, 0.2) is 0 Å². The number of carbonyl (C=O) groups is 1. The van der Waals surface area contributed by atoms with Crippen LogP contribution in [0.1, 0.15) is 41.0 Å². The number of nitrogens with one attached hydrogen (secondary N) is 2. The molecule has 0 aliphatic carbocycles. The lowest BCUT2D eigenvalue weighted by molar-refractivity contribution is 0.0522. The summed E-state index contributed by atoms with van der Waals surface area (Å²) < 4.78 is 16.1. The Balaban J connectivity index is 3.83. The highest BCUT2D eigenvalue weighted by atomic mass is 32.2. The van der Waals surface area contributed by atoms with Crippen molar-refractivity contribution in [1.29, 1.82) is 0 Å². The van der Waals surface area contributed by atoms with E-state index in [2.05, 4.69) is 17.6 Å². The number of amides is 1. The van der Waals surface area contributed by atoms with Crippen LogP contribution in [-0.2, 0) is 15.5 Å². The van der Waals surface area contributed by atoms with Crippen LogP contribution in [0.25, 0.3) is 0 Å². The van der Waals surface area contributed by atoms with Crippen molar-refractivity contribution in [3.63, 3.8) is 0 Å². The molecule has 0 spiro atoms. The van der Waals surface area contributed by atoms with Gasteiger partial charge in [-0.1, -0.05) is 0 Å². The van der Waals surface area contributed by atoms with Crippen LogP contribution in [0.3, 0.4) is 0 Å². The van der Waals surface area contributed by atoms with E-state index in [1.807, 2.05) is 27.7 Å². The van der Waals surface area contributed by atoms with Crippen molar-refractivity contribution in [3.05, 3.63) is 0 Å². The van der Waals surface area contributed by atoms with Crippen molar-refractivity contribution in [2.45, 2.75) is 58.7 Å². The summed E-state index contributed by atoms with van der Waals surface area (Å²) in [6.45, 7) is 10.1. The van der Waals surface area contributed by atoms with Gasteiger partial charge in [0.2, 0.25) is 0 Å². The van der Waals surface area contributed by atoms with E-state index >= 15 is 0 Å². The Labute approximate surface area is 119 Å². The molecule has 2 N–H and O–H groups in total. The van der Waals surface area contributed by atoms with Crippen molar-refractivity contribution >= 4 is 16.9 Å². The molecule has 0 radical (unpaired) electrons. The van der Waals surface area contributed by atoms with Gasteiger partial charge in [0.15, 0.2) is 0 Å². The van der Waals surface area contributed by atoms with Crippen LogP contribution in [0.4, 0.5) is 4.79 Å². The molecule has 3 atom stereocenters. The van der Waals surface area contributed by atoms with E-state index in [4.69, 9.17) is 4.74 Å². The Bertz CT molecular complexity index is 303. The molecule has 0 aromatic heterocycles. The van der Waals surface area contributed by atoms with Crippen molar-refractivity contribution in [2.24, 2.45) is 0 Å². The lowest BCUT2D eigenvalue weighted by atomic mass is 10.2. The first-order valence-electron chi connectivity index (χ1n) is 6.63. The zero-order chi connectivity index (χ0) is 15.1. The normalized spacial score (nSPS) is 16.5. The molecule has 0 saturated heterocycles. The summed E-state index contributed by atoms with van der Waals surface area (Å²) in [5.74, 6) is 0.695. The second-order valence-corrected chi connectivity index (χ2v) is 7.47. The third kappa shape index (κ3) is 12.2. The highest BCUT2D eigenvalue weighted by Crippen LogP contribution is 2.06. The van der Waals surface area contributed by atoms with Crippen LogP contribution in [0, 0.1) is 0 Å². The molecule has 0 fully saturated rings. The standard InChI is InChI=1S/C13H28N2O3S/c1-10(7-8-19(6)17)15-11(2)9-14-12(16)18-13(3,4)5/h10-11,15H,7-9H2,1-6H3,(H,14,16). The van der Waals surface area contributed by atoms with Crippen molar-refractivity contribution in [1.82, 2.24) is 10.6 Å². The van der Waals surface area contributed by atoms with Crippen LogP contribution >= 0.6 is 0 Å². The Morgan fingerprint density at radius 1 is 1.26 bits per heavy atom. The Morgan fingerprint density at radius 2 is 1.84 bits per heavy atom. The average Bonchev–Trinajstić information content (AvgIpc) is 2.21. The number of carbonyl (C=O) groups excluding carboxylic acids is 1.